The third-order valence-corrected chi connectivity index (χ3v) is 5.76. The second-order valence-corrected chi connectivity index (χ2v) is 7.28. The smallest absolute Gasteiger partial charge is 0.0387 e. The summed E-state index contributed by atoms with van der Waals surface area (Å²) in [5.41, 5.74) is 3.48. The minimum atomic E-state index is 0.457. The van der Waals surface area contributed by atoms with Crippen LogP contribution in [0.4, 0.5) is 5.69 Å². The molecule has 96 valence electrons. The molecule has 1 atom stereocenters. The molecule has 4 rings (SSSR count). The van der Waals surface area contributed by atoms with Gasteiger partial charge in [0.1, 0.15) is 0 Å². The van der Waals surface area contributed by atoms with Crippen LogP contribution in [-0.2, 0) is 5.41 Å². The summed E-state index contributed by atoms with van der Waals surface area (Å²) < 4.78 is 1.24. The predicted molar refractivity (Wildman–Crippen MR) is 79.0 cm³/mol. The zero-order valence-electron chi connectivity index (χ0n) is 10.7. The Morgan fingerprint density at radius 2 is 1.89 bits per heavy atom. The molecule has 2 heteroatoms. The quantitative estimate of drug-likeness (QED) is 0.781. The molecule has 1 N–H and O–H groups in total. The zero-order chi connectivity index (χ0) is 12.2. The second-order valence-electron chi connectivity index (χ2n) is 6.37. The van der Waals surface area contributed by atoms with Gasteiger partial charge in [0.2, 0.25) is 0 Å². The summed E-state index contributed by atoms with van der Waals surface area (Å²) >= 11 is 3.66. The van der Waals surface area contributed by atoms with E-state index < -0.39 is 0 Å². The summed E-state index contributed by atoms with van der Waals surface area (Å²) in [5.74, 6) is 0.939. The van der Waals surface area contributed by atoms with E-state index >= 15 is 0 Å². The lowest BCUT2D eigenvalue weighted by atomic mass is 9.65. The van der Waals surface area contributed by atoms with Gasteiger partial charge in [-0.3, -0.25) is 0 Å². The van der Waals surface area contributed by atoms with Crippen molar-refractivity contribution in [3.05, 3.63) is 28.2 Å². The molecule has 0 aromatic heterocycles. The predicted octanol–water partition coefficient (Wildman–Crippen LogP) is 4.86. The molecule has 1 aliphatic heterocycles. The second kappa shape index (κ2) is 4.00. The maximum Gasteiger partial charge on any atom is 0.0387 e. The lowest BCUT2D eigenvalue weighted by Crippen LogP contribution is -2.42. The Hall–Kier alpha value is -0.500. The maximum absolute atomic E-state index is 3.86. The van der Waals surface area contributed by atoms with Crippen molar-refractivity contribution >= 4 is 21.6 Å². The molecule has 1 aromatic rings. The SMILES string of the molecule is Brc1ccc2c(c1)C1(CCCCC1)C(C1CC1)N2. The first kappa shape index (κ1) is 11.3. The summed E-state index contributed by atoms with van der Waals surface area (Å²) in [6.45, 7) is 0. The number of halogens is 1. The van der Waals surface area contributed by atoms with Gasteiger partial charge in [-0.1, -0.05) is 35.2 Å². The molecule has 2 aliphatic carbocycles. The number of hydrogen-bond acceptors (Lipinski definition) is 1. The highest BCUT2D eigenvalue weighted by Crippen LogP contribution is 2.56. The van der Waals surface area contributed by atoms with Crippen LogP contribution < -0.4 is 5.32 Å². The van der Waals surface area contributed by atoms with E-state index in [-0.39, 0.29) is 0 Å². The Labute approximate surface area is 117 Å². The van der Waals surface area contributed by atoms with E-state index in [1.807, 2.05) is 0 Å². The van der Waals surface area contributed by atoms with Crippen LogP contribution in [0.1, 0.15) is 50.5 Å². The largest absolute Gasteiger partial charge is 0.381 e. The molecule has 1 unspecified atom stereocenters. The monoisotopic (exact) mass is 305 g/mol. The van der Waals surface area contributed by atoms with Crippen molar-refractivity contribution in [2.24, 2.45) is 5.92 Å². The number of anilines is 1. The van der Waals surface area contributed by atoms with Crippen LogP contribution in [0.2, 0.25) is 0 Å². The summed E-state index contributed by atoms with van der Waals surface area (Å²) in [5, 5.41) is 3.86. The minimum Gasteiger partial charge on any atom is -0.381 e. The third-order valence-electron chi connectivity index (χ3n) is 5.26. The lowest BCUT2D eigenvalue weighted by Gasteiger charge is -2.39. The van der Waals surface area contributed by atoms with E-state index in [1.165, 1.54) is 55.1 Å². The van der Waals surface area contributed by atoms with Gasteiger partial charge >= 0.3 is 0 Å². The number of hydrogen-bond donors (Lipinski definition) is 1. The Kier molecular flexibility index (Phi) is 2.52. The maximum atomic E-state index is 3.86. The van der Waals surface area contributed by atoms with Crippen LogP contribution >= 0.6 is 15.9 Å². The van der Waals surface area contributed by atoms with Crippen LogP contribution in [0, 0.1) is 5.92 Å². The molecule has 0 bridgehead atoms. The normalized spacial score (nSPS) is 29.1. The van der Waals surface area contributed by atoms with Crippen molar-refractivity contribution in [2.75, 3.05) is 5.32 Å². The summed E-state index contributed by atoms with van der Waals surface area (Å²) in [7, 11) is 0. The fourth-order valence-electron chi connectivity index (χ4n) is 4.29. The lowest BCUT2D eigenvalue weighted by molar-refractivity contribution is 0.253. The van der Waals surface area contributed by atoms with Crippen LogP contribution in [0.3, 0.4) is 0 Å². The molecule has 1 spiro atoms. The first-order chi connectivity index (χ1) is 8.79. The summed E-state index contributed by atoms with van der Waals surface area (Å²) in [6.07, 6.45) is 9.93. The zero-order valence-corrected chi connectivity index (χ0v) is 12.3. The standard InChI is InChI=1S/C16H20BrN/c17-12-6-7-14-13(10-12)16(8-2-1-3-9-16)15(18-14)11-4-5-11/h6-7,10-11,15,18H,1-5,8-9H2. The first-order valence-electron chi connectivity index (χ1n) is 7.36. The fraction of sp³-hybridized carbons (Fsp3) is 0.625. The van der Waals surface area contributed by atoms with Gasteiger partial charge in [0.05, 0.1) is 0 Å². The Morgan fingerprint density at radius 1 is 1.11 bits per heavy atom. The van der Waals surface area contributed by atoms with Gasteiger partial charge in [-0.05, 0) is 55.4 Å². The Morgan fingerprint density at radius 3 is 2.61 bits per heavy atom. The van der Waals surface area contributed by atoms with Crippen molar-refractivity contribution in [3.8, 4) is 0 Å². The van der Waals surface area contributed by atoms with Gasteiger partial charge in [-0.2, -0.15) is 0 Å². The number of fused-ring (bicyclic) bond motifs is 2. The third kappa shape index (κ3) is 1.57. The topological polar surface area (TPSA) is 12.0 Å². The molecule has 1 aromatic carbocycles. The van der Waals surface area contributed by atoms with Crippen molar-refractivity contribution in [3.63, 3.8) is 0 Å². The Bertz CT molecular complexity index is 472. The molecule has 2 fully saturated rings. The summed E-state index contributed by atoms with van der Waals surface area (Å²) in [6, 6.07) is 7.56. The Balaban J connectivity index is 1.82. The van der Waals surface area contributed by atoms with Crippen molar-refractivity contribution in [1.29, 1.82) is 0 Å². The first-order valence-corrected chi connectivity index (χ1v) is 8.15. The van der Waals surface area contributed by atoms with Gasteiger partial charge in [0.25, 0.3) is 0 Å². The highest BCUT2D eigenvalue weighted by molar-refractivity contribution is 9.10. The van der Waals surface area contributed by atoms with Crippen LogP contribution in [-0.4, -0.2) is 6.04 Å². The highest BCUT2D eigenvalue weighted by atomic mass is 79.9. The fourth-order valence-corrected chi connectivity index (χ4v) is 4.65. The highest BCUT2D eigenvalue weighted by Gasteiger charge is 2.52. The molecule has 3 aliphatic rings. The van der Waals surface area contributed by atoms with E-state index in [9.17, 15) is 0 Å². The van der Waals surface area contributed by atoms with E-state index in [0.717, 1.165) is 12.0 Å². The molecular formula is C16H20BrN. The molecule has 1 nitrogen and oxygen atoms in total. The molecule has 18 heavy (non-hydrogen) atoms. The van der Waals surface area contributed by atoms with Crippen molar-refractivity contribution < 1.29 is 0 Å². The molecule has 0 saturated heterocycles. The van der Waals surface area contributed by atoms with Gasteiger partial charge < -0.3 is 5.32 Å². The van der Waals surface area contributed by atoms with E-state index in [2.05, 4.69) is 39.4 Å². The van der Waals surface area contributed by atoms with Gasteiger partial charge in [-0.25, -0.2) is 0 Å². The minimum absolute atomic E-state index is 0.457. The summed E-state index contributed by atoms with van der Waals surface area (Å²) in [4.78, 5) is 0. The average Bonchev–Trinajstić information content (AvgIpc) is 3.18. The van der Waals surface area contributed by atoms with Crippen LogP contribution in [0.15, 0.2) is 22.7 Å². The van der Waals surface area contributed by atoms with E-state index in [0.29, 0.717) is 5.41 Å². The number of rotatable bonds is 1. The molecule has 0 amide bonds. The van der Waals surface area contributed by atoms with Crippen LogP contribution in [0.5, 0.6) is 0 Å². The van der Waals surface area contributed by atoms with E-state index in [4.69, 9.17) is 0 Å². The molecule has 2 saturated carbocycles. The number of nitrogens with one attached hydrogen (secondary N) is 1. The van der Waals surface area contributed by atoms with Crippen molar-refractivity contribution in [2.45, 2.75) is 56.4 Å². The molecule has 1 heterocycles. The van der Waals surface area contributed by atoms with Gasteiger partial charge in [-0.15, -0.1) is 0 Å². The van der Waals surface area contributed by atoms with Crippen molar-refractivity contribution in [1.82, 2.24) is 0 Å². The van der Waals surface area contributed by atoms with Gasteiger partial charge in [0, 0.05) is 21.6 Å². The molecular weight excluding hydrogens is 286 g/mol. The number of benzene rings is 1. The average molecular weight is 306 g/mol. The molecule has 0 radical (unpaired) electrons. The van der Waals surface area contributed by atoms with E-state index in [1.54, 1.807) is 5.56 Å². The van der Waals surface area contributed by atoms with Gasteiger partial charge in [0.15, 0.2) is 0 Å². The van der Waals surface area contributed by atoms with Crippen LogP contribution in [0.25, 0.3) is 0 Å².